The van der Waals surface area contributed by atoms with Crippen molar-refractivity contribution in [3.63, 3.8) is 0 Å². The van der Waals surface area contributed by atoms with Crippen LogP contribution in [0.3, 0.4) is 0 Å². The molecule has 1 aromatic heterocycles. The van der Waals surface area contributed by atoms with E-state index in [0.717, 1.165) is 24.2 Å². The average molecular weight is 284 g/mol. The Labute approximate surface area is 124 Å². The molecule has 0 bridgehead atoms. The molecule has 1 N–H and O–H groups in total. The van der Waals surface area contributed by atoms with Crippen molar-refractivity contribution in [1.29, 1.82) is 0 Å². The van der Waals surface area contributed by atoms with Crippen LogP contribution in [0.2, 0.25) is 0 Å². The van der Waals surface area contributed by atoms with Gasteiger partial charge in [-0.05, 0) is 45.2 Å². The Morgan fingerprint density at radius 1 is 1.24 bits per heavy atom. The number of carboxylic acids is 1. The van der Waals surface area contributed by atoms with Crippen LogP contribution in [0.4, 0.5) is 5.82 Å². The van der Waals surface area contributed by atoms with E-state index in [-0.39, 0.29) is 0 Å². The summed E-state index contributed by atoms with van der Waals surface area (Å²) in [6, 6.07) is 9.95. The SMILES string of the molecule is CC1CCCC(C)N1c1cc(C(=O)O)c2ccccc2n1. The summed E-state index contributed by atoms with van der Waals surface area (Å²) in [5.41, 5.74) is 1.08. The van der Waals surface area contributed by atoms with E-state index in [9.17, 15) is 9.90 Å². The van der Waals surface area contributed by atoms with Gasteiger partial charge in [0.2, 0.25) is 0 Å². The Hall–Kier alpha value is -2.10. The standard InChI is InChI=1S/C17H20N2O2/c1-11-6-5-7-12(2)19(11)16-10-14(17(20)21)13-8-3-4-9-15(13)18-16/h3-4,8-12H,5-7H2,1-2H3,(H,20,21). The number of aromatic nitrogens is 1. The summed E-state index contributed by atoms with van der Waals surface area (Å²) in [4.78, 5) is 18.5. The predicted octanol–water partition coefficient (Wildman–Crippen LogP) is 3.70. The van der Waals surface area contributed by atoms with Crippen molar-refractivity contribution in [3.8, 4) is 0 Å². The summed E-state index contributed by atoms with van der Waals surface area (Å²) < 4.78 is 0. The fraction of sp³-hybridized carbons (Fsp3) is 0.412. The first-order valence-corrected chi connectivity index (χ1v) is 7.49. The van der Waals surface area contributed by atoms with E-state index in [1.165, 1.54) is 6.42 Å². The number of carbonyl (C=O) groups is 1. The van der Waals surface area contributed by atoms with Crippen LogP contribution in [0.5, 0.6) is 0 Å². The van der Waals surface area contributed by atoms with Gasteiger partial charge in [-0.2, -0.15) is 0 Å². The minimum Gasteiger partial charge on any atom is -0.478 e. The van der Waals surface area contributed by atoms with Gasteiger partial charge in [-0.25, -0.2) is 9.78 Å². The van der Waals surface area contributed by atoms with Crippen molar-refractivity contribution >= 4 is 22.7 Å². The summed E-state index contributed by atoms with van der Waals surface area (Å²) in [7, 11) is 0. The molecule has 1 fully saturated rings. The van der Waals surface area contributed by atoms with E-state index in [4.69, 9.17) is 4.98 Å². The second kappa shape index (κ2) is 5.35. The second-order valence-corrected chi connectivity index (χ2v) is 5.89. The molecule has 2 heterocycles. The zero-order chi connectivity index (χ0) is 15.0. The van der Waals surface area contributed by atoms with E-state index < -0.39 is 5.97 Å². The number of pyridine rings is 1. The average Bonchev–Trinajstić information content (AvgIpc) is 2.46. The van der Waals surface area contributed by atoms with Gasteiger partial charge in [0, 0.05) is 17.5 Å². The molecule has 2 atom stereocenters. The summed E-state index contributed by atoms with van der Waals surface area (Å²) >= 11 is 0. The summed E-state index contributed by atoms with van der Waals surface area (Å²) in [6.45, 7) is 4.37. The summed E-state index contributed by atoms with van der Waals surface area (Å²) in [6.07, 6.45) is 3.47. The van der Waals surface area contributed by atoms with Crippen LogP contribution in [-0.2, 0) is 0 Å². The van der Waals surface area contributed by atoms with Crippen LogP contribution < -0.4 is 4.90 Å². The molecule has 0 saturated carbocycles. The van der Waals surface area contributed by atoms with Crippen LogP contribution in [0, 0.1) is 0 Å². The molecule has 0 amide bonds. The lowest BCUT2D eigenvalue weighted by Gasteiger charge is -2.40. The van der Waals surface area contributed by atoms with E-state index in [1.807, 2.05) is 24.3 Å². The third-order valence-corrected chi connectivity index (χ3v) is 4.39. The molecule has 0 spiro atoms. The highest BCUT2D eigenvalue weighted by Crippen LogP contribution is 2.30. The lowest BCUT2D eigenvalue weighted by atomic mass is 9.97. The molecule has 4 heteroatoms. The van der Waals surface area contributed by atoms with E-state index in [1.54, 1.807) is 6.07 Å². The molecule has 2 unspecified atom stereocenters. The molecular weight excluding hydrogens is 264 g/mol. The van der Waals surface area contributed by atoms with Crippen molar-refractivity contribution in [2.24, 2.45) is 0 Å². The number of nitrogens with zero attached hydrogens (tertiary/aromatic N) is 2. The molecular formula is C17H20N2O2. The molecule has 4 nitrogen and oxygen atoms in total. The normalized spacial score (nSPS) is 22.5. The van der Waals surface area contributed by atoms with Crippen molar-refractivity contribution in [3.05, 3.63) is 35.9 Å². The molecule has 1 saturated heterocycles. The second-order valence-electron chi connectivity index (χ2n) is 5.89. The van der Waals surface area contributed by atoms with Gasteiger partial charge in [0.05, 0.1) is 11.1 Å². The zero-order valence-corrected chi connectivity index (χ0v) is 12.4. The third kappa shape index (κ3) is 2.46. The van der Waals surface area contributed by atoms with E-state index in [2.05, 4.69) is 18.7 Å². The van der Waals surface area contributed by atoms with Gasteiger partial charge in [-0.1, -0.05) is 18.2 Å². The number of aromatic carboxylic acids is 1. The number of rotatable bonds is 2. The van der Waals surface area contributed by atoms with Gasteiger partial charge in [-0.15, -0.1) is 0 Å². The number of hydrogen-bond acceptors (Lipinski definition) is 3. The van der Waals surface area contributed by atoms with E-state index in [0.29, 0.717) is 23.0 Å². The maximum Gasteiger partial charge on any atom is 0.336 e. The first-order chi connectivity index (χ1) is 10.1. The molecule has 1 aliphatic rings. The van der Waals surface area contributed by atoms with Gasteiger partial charge >= 0.3 is 5.97 Å². The maximum absolute atomic E-state index is 11.6. The maximum atomic E-state index is 11.6. The smallest absolute Gasteiger partial charge is 0.336 e. The first-order valence-electron chi connectivity index (χ1n) is 7.49. The Morgan fingerprint density at radius 2 is 1.90 bits per heavy atom. The first kappa shape index (κ1) is 13.9. The molecule has 21 heavy (non-hydrogen) atoms. The number of anilines is 1. The Kier molecular flexibility index (Phi) is 3.53. The van der Waals surface area contributed by atoms with Crippen molar-refractivity contribution in [2.45, 2.75) is 45.2 Å². The quantitative estimate of drug-likeness (QED) is 0.913. The summed E-state index contributed by atoms with van der Waals surface area (Å²) in [5.74, 6) is -0.113. The van der Waals surface area contributed by atoms with Crippen molar-refractivity contribution in [2.75, 3.05) is 4.90 Å². The largest absolute Gasteiger partial charge is 0.478 e. The topological polar surface area (TPSA) is 53.4 Å². The van der Waals surface area contributed by atoms with Gasteiger partial charge in [0.15, 0.2) is 0 Å². The fourth-order valence-corrected chi connectivity index (χ4v) is 3.34. The predicted molar refractivity (Wildman–Crippen MR) is 84.0 cm³/mol. The van der Waals surface area contributed by atoms with Crippen LogP contribution >= 0.6 is 0 Å². The third-order valence-electron chi connectivity index (χ3n) is 4.39. The minimum absolute atomic E-state index is 0.334. The fourth-order valence-electron chi connectivity index (χ4n) is 3.34. The van der Waals surface area contributed by atoms with Crippen LogP contribution in [-0.4, -0.2) is 28.1 Å². The summed E-state index contributed by atoms with van der Waals surface area (Å²) in [5, 5.41) is 10.2. The van der Waals surface area contributed by atoms with Crippen LogP contribution in [0.25, 0.3) is 10.9 Å². The number of fused-ring (bicyclic) bond motifs is 1. The number of hydrogen-bond donors (Lipinski definition) is 1. The minimum atomic E-state index is -0.896. The number of carboxylic acid groups (broad SMARTS) is 1. The lowest BCUT2D eigenvalue weighted by Crippen LogP contribution is -2.44. The Balaban J connectivity index is 2.16. The van der Waals surface area contributed by atoms with Crippen molar-refractivity contribution < 1.29 is 9.90 Å². The van der Waals surface area contributed by atoms with Gasteiger partial charge in [0.1, 0.15) is 5.82 Å². The molecule has 1 aliphatic heterocycles. The molecule has 1 aromatic carbocycles. The molecule has 2 aromatic rings. The van der Waals surface area contributed by atoms with Gasteiger partial charge in [-0.3, -0.25) is 0 Å². The monoisotopic (exact) mass is 284 g/mol. The van der Waals surface area contributed by atoms with Gasteiger partial charge < -0.3 is 10.0 Å². The Bertz CT molecular complexity index is 674. The Morgan fingerprint density at radius 3 is 2.57 bits per heavy atom. The lowest BCUT2D eigenvalue weighted by molar-refractivity contribution is 0.0699. The molecule has 3 rings (SSSR count). The number of benzene rings is 1. The zero-order valence-electron chi connectivity index (χ0n) is 12.4. The highest BCUT2D eigenvalue weighted by Gasteiger charge is 2.27. The van der Waals surface area contributed by atoms with Gasteiger partial charge in [0.25, 0.3) is 0 Å². The molecule has 0 aliphatic carbocycles. The van der Waals surface area contributed by atoms with E-state index >= 15 is 0 Å². The highest BCUT2D eigenvalue weighted by atomic mass is 16.4. The highest BCUT2D eigenvalue weighted by molar-refractivity contribution is 6.03. The van der Waals surface area contributed by atoms with Crippen molar-refractivity contribution in [1.82, 2.24) is 4.98 Å². The van der Waals surface area contributed by atoms with Crippen LogP contribution in [0.1, 0.15) is 43.5 Å². The number of piperidine rings is 1. The molecule has 0 radical (unpaired) electrons. The molecule has 110 valence electrons. The number of para-hydroxylation sites is 1. The van der Waals surface area contributed by atoms with Crippen LogP contribution in [0.15, 0.2) is 30.3 Å².